The van der Waals surface area contributed by atoms with Gasteiger partial charge in [0.2, 0.25) is 0 Å². The number of aliphatic hydroxyl groups is 1. The Balaban J connectivity index is 2.18. The van der Waals surface area contributed by atoms with Crippen LogP contribution in [-0.2, 0) is 9.59 Å². The molecule has 0 aliphatic carbocycles. The fraction of sp³-hybridized carbons (Fsp3) is 0.333. The Morgan fingerprint density at radius 1 is 1.29 bits per heavy atom. The third-order valence-corrected chi connectivity index (χ3v) is 6.04. The van der Waals surface area contributed by atoms with Crippen LogP contribution < -0.4 is 4.74 Å². The molecule has 1 saturated heterocycles. The predicted octanol–water partition coefficient (Wildman–Crippen LogP) is 4.94. The van der Waals surface area contributed by atoms with Crippen molar-refractivity contribution in [2.24, 2.45) is 0 Å². The number of aryl methyl sites for hydroxylation is 1. The zero-order valence-corrected chi connectivity index (χ0v) is 17.6. The van der Waals surface area contributed by atoms with Crippen molar-refractivity contribution in [1.29, 1.82) is 0 Å². The maximum atomic E-state index is 12.8. The highest BCUT2D eigenvalue weighted by molar-refractivity contribution is 7.10. The number of hydrogen-bond acceptors (Lipinski definition) is 5. The minimum atomic E-state index is -0.670. The van der Waals surface area contributed by atoms with E-state index in [0.29, 0.717) is 35.9 Å². The lowest BCUT2D eigenvalue weighted by Gasteiger charge is -2.24. The van der Waals surface area contributed by atoms with E-state index >= 15 is 0 Å². The number of nitrogens with zero attached hydrogens (tertiary/aromatic N) is 1. The molecule has 1 aromatic heterocycles. The number of benzene rings is 1. The molecule has 0 spiro atoms. The average Bonchev–Trinajstić information content (AvgIpc) is 3.19. The monoisotopic (exact) mass is 419 g/mol. The van der Waals surface area contributed by atoms with Crippen LogP contribution in [0.4, 0.5) is 0 Å². The topological polar surface area (TPSA) is 66.8 Å². The Morgan fingerprint density at radius 3 is 2.64 bits per heavy atom. The van der Waals surface area contributed by atoms with Gasteiger partial charge in [0.05, 0.1) is 23.2 Å². The van der Waals surface area contributed by atoms with Crippen molar-refractivity contribution in [3.63, 3.8) is 0 Å². The number of thiophene rings is 1. The van der Waals surface area contributed by atoms with E-state index in [1.807, 2.05) is 32.2 Å². The zero-order valence-electron chi connectivity index (χ0n) is 16.0. The number of halogens is 1. The summed E-state index contributed by atoms with van der Waals surface area (Å²) in [4.78, 5) is 27.9. The molecule has 28 heavy (non-hydrogen) atoms. The minimum absolute atomic E-state index is 0.105. The van der Waals surface area contributed by atoms with Crippen LogP contribution >= 0.6 is 22.9 Å². The number of ether oxygens (including phenoxy) is 1. The zero-order chi connectivity index (χ0) is 20.4. The van der Waals surface area contributed by atoms with Gasteiger partial charge in [0, 0.05) is 17.0 Å². The summed E-state index contributed by atoms with van der Waals surface area (Å²) in [6, 6.07) is 6.17. The SMILES string of the molecule is CCCN1C(=O)C(=O)/C(=C(\O)c2ccc(Cl)c(OCC)c2)C1c1sccc1C. The van der Waals surface area contributed by atoms with E-state index < -0.39 is 17.7 Å². The maximum absolute atomic E-state index is 12.8. The van der Waals surface area contributed by atoms with Crippen molar-refractivity contribution < 1.29 is 19.4 Å². The lowest BCUT2D eigenvalue weighted by molar-refractivity contribution is -0.139. The molecule has 1 aliphatic heterocycles. The molecule has 1 unspecified atom stereocenters. The van der Waals surface area contributed by atoms with Gasteiger partial charge in [-0.05, 0) is 55.5 Å². The van der Waals surface area contributed by atoms with Gasteiger partial charge in [0.25, 0.3) is 11.7 Å². The summed E-state index contributed by atoms with van der Waals surface area (Å²) in [6.45, 7) is 6.57. The number of carbonyl (C=O) groups is 2. The van der Waals surface area contributed by atoms with Crippen molar-refractivity contribution >= 4 is 40.4 Å². The number of ketones is 1. The molecule has 7 heteroatoms. The van der Waals surface area contributed by atoms with E-state index in [2.05, 4.69) is 0 Å². The van der Waals surface area contributed by atoms with Crippen LogP contribution in [0.2, 0.25) is 5.02 Å². The number of hydrogen-bond donors (Lipinski definition) is 1. The Morgan fingerprint density at radius 2 is 2.04 bits per heavy atom. The molecule has 1 amide bonds. The van der Waals surface area contributed by atoms with Crippen LogP contribution in [0.25, 0.3) is 5.76 Å². The van der Waals surface area contributed by atoms with Gasteiger partial charge in [-0.1, -0.05) is 18.5 Å². The van der Waals surface area contributed by atoms with E-state index in [-0.39, 0.29) is 11.3 Å². The molecular weight excluding hydrogens is 398 g/mol. The molecular formula is C21H22ClNO4S. The molecule has 1 fully saturated rings. The minimum Gasteiger partial charge on any atom is -0.507 e. The summed E-state index contributed by atoms with van der Waals surface area (Å²) in [5, 5.41) is 13.4. The van der Waals surface area contributed by atoms with Crippen LogP contribution in [0.15, 0.2) is 35.2 Å². The highest BCUT2D eigenvalue weighted by atomic mass is 35.5. The van der Waals surface area contributed by atoms with Crippen molar-refractivity contribution in [2.45, 2.75) is 33.2 Å². The van der Waals surface area contributed by atoms with Gasteiger partial charge >= 0.3 is 0 Å². The third-order valence-electron chi connectivity index (χ3n) is 4.66. The van der Waals surface area contributed by atoms with Crippen molar-refractivity contribution in [3.05, 3.63) is 56.2 Å². The molecule has 1 atom stereocenters. The van der Waals surface area contributed by atoms with Gasteiger partial charge in [-0.25, -0.2) is 0 Å². The van der Waals surface area contributed by atoms with E-state index in [1.54, 1.807) is 23.1 Å². The average molecular weight is 420 g/mol. The number of rotatable bonds is 6. The van der Waals surface area contributed by atoms with Crippen LogP contribution in [0.5, 0.6) is 5.75 Å². The molecule has 0 saturated carbocycles. The fourth-order valence-corrected chi connectivity index (χ4v) is 4.58. The molecule has 148 valence electrons. The summed E-state index contributed by atoms with van der Waals surface area (Å²) < 4.78 is 5.49. The third kappa shape index (κ3) is 3.54. The number of aliphatic hydroxyl groups excluding tert-OH is 1. The van der Waals surface area contributed by atoms with E-state index in [9.17, 15) is 14.7 Å². The second kappa shape index (κ2) is 8.37. The van der Waals surface area contributed by atoms with Crippen LogP contribution in [0, 0.1) is 6.92 Å². The van der Waals surface area contributed by atoms with Gasteiger partial charge in [0.15, 0.2) is 0 Å². The molecule has 0 radical (unpaired) electrons. The van der Waals surface area contributed by atoms with Gasteiger partial charge in [-0.15, -0.1) is 11.3 Å². The maximum Gasteiger partial charge on any atom is 0.295 e. The Kier molecular flexibility index (Phi) is 6.10. The summed E-state index contributed by atoms with van der Waals surface area (Å²) >= 11 is 7.61. The van der Waals surface area contributed by atoms with E-state index in [4.69, 9.17) is 16.3 Å². The molecule has 1 aliphatic rings. The normalized spacial score (nSPS) is 18.7. The van der Waals surface area contributed by atoms with E-state index in [1.165, 1.54) is 11.3 Å². The summed E-state index contributed by atoms with van der Waals surface area (Å²) in [7, 11) is 0. The second-order valence-electron chi connectivity index (χ2n) is 6.54. The smallest absolute Gasteiger partial charge is 0.295 e. The number of Topliss-reactive ketones (excluding diaryl/α,β-unsaturated/α-hetero) is 1. The first-order valence-electron chi connectivity index (χ1n) is 9.15. The highest BCUT2D eigenvalue weighted by Crippen LogP contribution is 2.43. The number of likely N-dealkylation sites (tertiary alicyclic amines) is 1. The standard InChI is InChI=1S/C21H22ClNO4S/c1-4-9-23-17(20-12(3)8-10-28-20)16(19(25)21(23)26)18(24)13-6-7-14(22)15(11-13)27-5-2/h6-8,10-11,17,24H,4-5,9H2,1-3H3/b18-16-. The van der Waals surface area contributed by atoms with Crippen LogP contribution in [0.3, 0.4) is 0 Å². The van der Waals surface area contributed by atoms with Crippen LogP contribution in [-0.4, -0.2) is 34.8 Å². The first kappa shape index (κ1) is 20.4. The summed E-state index contributed by atoms with van der Waals surface area (Å²) in [5.41, 5.74) is 1.48. The lowest BCUT2D eigenvalue weighted by atomic mass is 9.98. The highest BCUT2D eigenvalue weighted by Gasteiger charge is 2.46. The summed E-state index contributed by atoms with van der Waals surface area (Å²) in [6.07, 6.45) is 0.712. The van der Waals surface area contributed by atoms with Gasteiger partial charge < -0.3 is 14.7 Å². The number of carbonyl (C=O) groups excluding carboxylic acids is 2. The number of amides is 1. The van der Waals surface area contributed by atoms with Gasteiger partial charge in [0.1, 0.15) is 11.5 Å². The Labute approximate surface area is 173 Å². The molecule has 5 nitrogen and oxygen atoms in total. The lowest BCUT2D eigenvalue weighted by Crippen LogP contribution is -2.30. The van der Waals surface area contributed by atoms with Crippen LogP contribution in [0.1, 0.15) is 42.3 Å². The van der Waals surface area contributed by atoms with E-state index in [0.717, 1.165) is 10.4 Å². The Hall–Kier alpha value is -2.31. The molecule has 2 heterocycles. The molecule has 1 N–H and O–H groups in total. The van der Waals surface area contributed by atoms with Crippen molar-refractivity contribution in [2.75, 3.05) is 13.2 Å². The van der Waals surface area contributed by atoms with Crippen molar-refractivity contribution in [3.8, 4) is 5.75 Å². The quantitative estimate of drug-likeness (QED) is 0.409. The van der Waals surface area contributed by atoms with Gasteiger partial charge in [-0.3, -0.25) is 9.59 Å². The fourth-order valence-electron chi connectivity index (χ4n) is 3.36. The van der Waals surface area contributed by atoms with Crippen molar-refractivity contribution in [1.82, 2.24) is 4.90 Å². The van der Waals surface area contributed by atoms with Gasteiger partial charge in [-0.2, -0.15) is 0 Å². The summed E-state index contributed by atoms with van der Waals surface area (Å²) in [5.74, 6) is -1.05. The molecule has 3 rings (SSSR count). The predicted molar refractivity (Wildman–Crippen MR) is 111 cm³/mol. The molecule has 0 bridgehead atoms. The largest absolute Gasteiger partial charge is 0.507 e. The molecule has 2 aromatic rings. The second-order valence-corrected chi connectivity index (χ2v) is 7.89. The first-order chi connectivity index (χ1) is 13.4. The molecule has 1 aromatic carbocycles. The Bertz CT molecular complexity index is 950. The first-order valence-corrected chi connectivity index (χ1v) is 10.4.